The van der Waals surface area contributed by atoms with Crippen LogP contribution in [0.1, 0.15) is 58.1 Å². The first-order valence-corrected chi connectivity index (χ1v) is 9.74. The molecule has 2 aliphatic rings. The van der Waals surface area contributed by atoms with Gasteiger partial charge in [-0.05, 0) is 52.2 Å². The predicted molar refractivity (Wildman–Crippen MR) is 104 cm³/mol. The Bertz CT molecular complexity index is 653. The van der Waals surface area contributed by atoms with Crippen LogP contribution >= 0.6 is 0 Å². The van der Waals surface area contributed by atoms with E-state index < -0.39 is 5.60 Å². The molecule has 5 heteroatoms. The van der Waals surface area contributed by atoms with E-state index in [1.54, 1.807) is 0 Å². The highest BCUT2D eigenvalue weighted by Crippen LogP contribution is 2.41. The van der Waals surface area contributed by atoms with E-state index in [4.69, 9.17) is 9.47 Å². The van der Waals surface area contributed by atoms with Crippen molar-refractivity contribution in [1.82, 2.24) is 4.90 Å². The van der Waals surface area contributed by atoms with Crippen molar-refractivity contribution in [2.75, 3.05) is 31.2 Å². The summed E-state index contributed by atoms with van der Waals surface area (Å²) >= 11 is 0. The smallest absolute Gasteiger partial charge is 0.410 e. The van der Waals surface area contributed by atoms with Crippen LogP contribution in [0.25, 0.3) is 0 Å². The van der Waals surface area contributed by atoms with Gasteiger partial charge in [-0.3, -0.25) is 0 Å². The zero-order valence-corrected chi connectivity index (χ0v) is 16.7. The van der Waals surface area contributed by atoms with Crippen LogP contribution in [0.2, 0.25) is 0 Å². The number of ether oxygens (including phenoxy) is 2. The summed E-state index contributed by atoms with van der Waals surface area (Å²) in [5, 5.41) is 0. The van der Waals surface area contributed by atoms with E-state index in [-0.39, 0.29) is 12.1 Å². The number of anilines is 1. The fourth-order valence-corrected chi connectivity index (χ4v) is 4.01. The predicted octanol–water partition coefficient (Wildman–Crippen LogP) is 4.16. The number of para-hydroxylation sites is 1. The molecule has 2 heterocycles. The topological polar surface area (TPSA) is 42.0 Å². The molecule has 0 spiro atoms. The highest BCUT2D eigenvalue weighted by molar-refractivity contribution is 5.71. The lowest BCUT2D eigenvalue weighted by Crippen LogP contribution is -2.45. The Kier molecular flexibility index (Phi) is 5.47. The Balaban J connectivity index is 1.91. The molecule has 5 nitrogen and oxygen atoms in total. The summed E-state index contributed by atoms with van der Waals surface area (Å²) in [5.41, 5.74) is 3.40. The third-order valence-corrected chi connectivity index (χ3v) is 5.15. The summed E-state index contributed by atoms with van der Waals surface area (Å²) in [6.45, 7) is 13.8. The van der Waals surface area contributed by atoms with E-state index >= 15 is 0 Å². The molecule has 1 aromatic carbocycles. The lowest BCUT2D eigenvalue weighted by molar-refractivity contribution is 0.0229. The molecule has 0 saturated heterocycles. The van der Waals surface area contributed by atoms with Crippen molar-refractivity contribution < 1.29 is 14.3 Å². The molecule has 0 saturated carbocycles. The van der Waals surface area contributed by atoms with Crippen LogP contribution in [0, 0.1) is 0 Å². The number of hydrogen-bond acceptors (Lipinski definition) is 4. The van der Waals surface area contributed by atoms with Gasteiger partial charge in [0.1, 0.15) is 5.60 Å². The van der Waals surface area contributed by atoms with Crippen molar-refractivity contribution in [2.24, 2.45) is 0 Å². The van der Waals surface area contributed by atoms with E-state index in [0.717, 1.165) is 26.2 Å². The fourth-order valence-electron chi connectivity index (χ4n) is 4.01. The Morgan fingerprint density at radius 3 is 2.77 bits per heavy atom. The molecule has 1 aromatic rings. The quantitative estimate of drug-likeness (QED) is 0.812. The molecular formula is C21H32N2O3. The minimum absolute atomic E-state index is 0.229. The van der Waals surface area contributed by atoms with Crippen LogP contribution in [0.15, 0.2) is 18.2 Å². The number of benzene rings is 1. The Morgan fingerprint density at radius 1 is 1.31 bits per heavy atom. The maximum atomic E-state index is 12.7. The van der Waals surface area contributed by atoms with Gasteiger partial charge < -0.3 is 19.3 Å². The van der Waals surface area contributed by atoms with Crippen molar-refractivity contribution in [3.8, 4) is 0 Å². The van der Waals surface area contributed by atoms with Crippen LogP contribution in [0.3, 0.4) is 0 Å². The molecule has 2 unspecified atom stereocenters. The van der Waals surface area contributed by atoms with E-state index in [1.807, 2.05) is 32.6 Å². The molecule has 0 aromatic heterocycles. The first-order valence-electron chi connectivity index (χ1n) is 9.74. The maximum Gasteiger partial charge on any atom is 0.410 e. The monoisotopic (exact) mass is 360 g/mol. The molecule has 0 radical (unpaired) electrons. The van der Waals surface area contributed by atoms with Crippen LogP contribution < -0.4 is 4.90 Å². The van der Waals surface area contributed by atoms with Crippen molar-refractivity contribution >= 4 is 11.8 Å². The van der Waals surface area contributed by atoms with Crippen molar-refractivity contribution in [1.29, 1.82) is 0 Å². The van der Waals surface area contributed by atoms with Gasteiger partial charge in [-0.25, -0.2) is 4.79 Å². The van der Waals surface area contributed by atoms with Gasteiger partial charge in [-0.1, -0.05) is 18.2 Å². The molecule has 144 valence electrons. The Hall–Kier alpha value is -1.75. The summed E-state index contributed by atoms with van der Waals surface area (Å²) < 4.78 is 11.4. The van der Waals surface area contributed by atoms with Gasteiger partial charge in [0.15, 0.2) is 0 Å². The van der Waals surface area contributed by atoms with Crippen LogP contribution in [0.5, 0.6) is 0 Å². The second-order valence-corrected chi connectivity index (χ2v) is 8.40. The van der Waals surface area contributed by atoms with E-state index in [1.165, 1.54) is 16.8 Å². The SMILES string of the molecule is CCOCC1CCN2c3c(cccc31)CN(C(=O)OC(C)(C)C)CC2C. The minimum Gasteiger partial charge on any atom is -0.444 e. The highest BCUT2D eigenvalue weighted by Gasteiger charge is 2.35. The second kappa shape index (κ2) is 7.47. The van der Waals surface area contributed by atoms with Gasteiger partial charge in [0, 0.05) is 37.3 Å². The normalized spacial score (nSPS) is 22.7. The molecule has 0 bridgehead atoms. The van der Waals surface area contributed by atoms with Gasteiger partial charge >= 0.3 is 6.09 Å². The zero-order valence-electron chi connectivity index (χ0n) is 16.7. The van der Waals surface area contributed by atoms with Crippen molar-refractivity contribution in [3.05, 3.63) is 29.3 Å². The Morgan fingerprint density at radius 2 is 2.08 bits per heavy atom. The lowest BCUT2D eigenvalue weighted by atomic mass is 9.88. The molecule has 0 aliphatic carbocycles. The molecule has 0 fully saturated rings. The van der Waals surface area contributed by atoms with Gasteiger partial charge in [0.05, 0.1) is 13.2 Å². The lowest BCUT2D eigenvalue weighted by Gasteiger charge is -2.39. The van der Waals surface area contributed by atoms with E-state index in [9.17, 15) is 4.79 Å². The van der Waals surface area contributed by atoms with Crippen molar-refractivity contribution in [3.63, 3.8) is 0 Å². The number of amides is 1. The Labute approximate surface area is 157 Å². The highest BCUT2D eigenvalue weighted by atomic mass is 16.6. The number of carbonyl (C=O) groups excluding carboxylic acids is 1. The zero-order chi connectivity index (χ0) is 18.9. The summed E-state index contributed by atoms with van der Waals surface area (Å²) in [4.78, 5) is 17.0. The van der Waals surface area contributed by atoms with Crippen molar-refractivity contribution in [2.45, 2.75) is 65.1 Å². The van der Waals surface area contributed by atoms with E-state index in [2.05, 4.69) is 30.0 Å². The van der Waals surface area contributed by atoms with Gasteiger partial charge in [0.25, 0.3) is 0 Å². The molecular weight excluding hydrogens is 328 g/mol. The summed E-state index contributed by atoms with van der Waals surface area (Å²) in [5.74, 6) is 0.432. The minimum atomic E-state index is -0.479. The number of rotatable bonds is 3. The molecule has 26 heavy (non-hydrogen) atoms. The van der Waals surface area contributed by atoms with Gasteiger partial charge in [-0.15, -0.1) is 0 Å². The molecule has 0 N–H and O–H groups in total. The number of nitrogens with zero attached hydrogens (tertiary/aromatic N) is 2. The first kappa shape index (κ1) is 19.0. The average Bonchev–Trinajstić information content (AvgIpc) is 2.71. The third-order valence-electron chi connectivity index (χ3n) is 5.15. The summed E-state index contributed by atoms with van der Waals surface area (Å²) in [6, 6.07) is 6.74. The standard InChI is InChI=1S/C21H32N2O3/c1-6-25-14-17-10-11-23-15(2)12-22(20(24)26-21(3,4)5)13-16-8-7-9-18(17)19(16)23/h7-9,15,17H,6,10-14H2,1-5H3. The average molecular weight is 360 g/mol. The molecule has 2 atom stereocenters. The molecule has 3 rings (SSSR count). The van der Waals surface area contributed by atoms with Crippen LogP contribution in [-0.4, -0.2) is 48.9 Å². The number of hydrogen-bond donors (Lipinski definition) is 0. The van der Waals surface area contributed by atoms with Gasteiger partial charge in [-0.2, -0.15) is 0 Å². The first-order chi connectivity index (χ1) is 12.3. The van der Waals surface area contributed by atoms with Crippen LogP contribution in [-0.2, 0) is 16.0 Å². The second-order valence-electron chi connectivity index (χ2n) is 8.40. The largest absolute Gasteiger partial charge is 0.444 e. The van der Waals surface area contributed by atoms with Gasteiger partial charge in [0.2, 0.25) is 0 Å². The summed E-state index contributed by atoms with van der Waals surface area (Å²) in [7, 11) is 0. The molecule has 2 aliphatic heterocycles. The number of carbonyl (C=O) groups is 1. The molecule has 1 amide bonds. The third kappa shape index (κ3) is 3.98. The summed E-state index contributed by atoms with van der Waals surface area (Å²) in [6.07, 6.45) is 0.861. The maximum absolute atomic E-state index is 12.7. The van der Waals surface area contributed by atoms with E-state index in [0.29, 0.717) is 19.0 Å². The van der Waals surface area contributed by atoms with Crippen LogP contribution in [0.4, 0.5) is 10.5 Å². The fraction of sp³-hybridized carbons (Fsp3) is 0.667.